The third-order valence-electron chi connectivity index (χ3n) is 4.58. The van der Waals surface area contributed by atoms with Crippen molar-refractivity contribution < 1.29 is 18.7 Å². The highest BCUT2D eigenvalue weighted by Crippen LogP contribution is 2.28. The maximum atomic E-state index is 13.9. The first-order valence-electron chi connectivity index (χ1n) is 9.83. The second-order valence-electron chi connectivity index (χ2n) is 6.72. The Bertz CT molecular complexity index is 1130. The number of rotatable bonds is 9. The molecule has 0 atom stereocenters. The second-order valence-corrected chi connectivity index (χ2v) is 7.58. The van der Waals surface area contributed by atoms with E-state index in [0.717, 1.165) is 0 Å². The quantitative estimate of drug-likeness (QED) is 0.511. The Hall–Kier alpha value is -3.77. The van der Waals surface area contributed by atoms with Crippen LogP contribution in [0.5, 0.6) is 5.75 Å². The average molecular weight is 453 g/mol. The fourth-order valence-corrected chi connectivity index (χ4v) is 3.73. The topological polar surface area (TPSA) is 95.3 Å². The van der Waals surface area contributed by atoms with Crippen LogP contribution in [0.15, 0.2) is 53.9 Å². The minimum absolute atomic E-state index is 0.00587. The fraction of sp³-hybridized carbons (Fsp3) is 0.217. The van der Waals surface area contributed by atoms with Gasteiger partial charge in [0.25, 0.3) is 0 Å². The van der Waals surface area contributed by atoms with Crippen LogP contribution in [0.3, 0.4) is 0 Å². The summed E-state index contributed by atoms with van der Waals surface area (Å²) in [6.45, 7) is 0.259. The van der Waals surface area contributed by atoms with Crippen LogP contribution in [-0.4, -0.2) is 30.5 Å². The van der Waals surface area contributed by atoms with Crippen molar-refractivity contribution in [3.8, 4) is 23.1 Å². The number of nitrogens with zero attached hydrogens (tertiary/aromatic N) is 3. The fourth-order valence-electron chi connectivity index (χ4n) is 2.99. The molecule has 0 fully saturated rings. The third-order valence-corrected chi connectivity index (χ3v) is 5.34. The molecule has 164 valence electrons. The van der Waals surface area contributed by atoms with Gasteiger partial charge in [0.15, 0.2) is 16.7 Å². The van der Waals surface area contributed by atoms with E-state index in [1.54, 1.807) is 23.6 Å². The van der Waals surface area contributed by atoms with Crippen molar-refractivity contribution in [1.82, 2.24) is 4.98 Å². The Morgan fingerprint density at radius 3 is 2.69 bits per heavy atom. The van der Waals surface area contributed by atoms with Gasteiger partial charge in [-0.15, -0.1) is 11.3 Å². The van der Waals surface area contributed by atoms with Crippen molar-refractivity contribution in [1.29, 1.82) is 5.26 Å². The van der Waals surface area contributed by atoms with E-state index < -0.39 is 5.82 Å². The van der Waals surface area contributed by atoms with E-state index in [4.69, 9.17) is 10.00 Å². The molecule has 0 spiro atoms. The predicted octanol–water partition coefficient (Wildman–Crippen LogP) is 4.62. The first-order valence-corrected chi connectivity index (χ1v) is 10.7. The van der Waals surface area contributed by atoms with Crippen LogP contribution in [0, 0.1) is 17.1 Å². The lowest BCUT2D eigenvalue weighted by Crippen LogP contribution is -2.32. The molecule has 9 heteroatoms. The molecule has 0 aliphatic heterocycles. The number of hydrogen-bond acceptors (Lipinski definition) is 6. The third kappa shape index (κ3) is 5.89. The molecule has 3 aromatic rings. The van der Waals surface area contributed by atoms with Crippen molar-refractivity contribution in [2.24, 2.45) is 0 Å². The lowest BCUT2D eigenvalue weighted by molar-refractivity contribution is -0.122. The number of carbonyl (C=O) groups is 2. The summed E-state index contributed by atoms with van der Waals surface area (Å²) in [7, 11) is 1.39. The SMILES string of the molecule is COc1ccc(-c2csc(NC(=O)CCC(=O)N(CCC#N)c3ccccc3)n2)cc1F. The summed E-state index contributed by atoms with van der Waals surface area (Å²) in [5, 5.41) is 13.6. The smallest absolute Gasteiger partial charge is 0.227 e. The van der Waals surface area contributed by atoms with Crippen LogP contribution in [-0.2, 0) is 9.59 Å². The number of benzene rings is 2. The molecular weight excluding hydrogens is 431 g/mol. The number of nitriles is 1. The maximum absolute atomic E-state index is 13.9. The molecule has 2 aromatic carbocycles. The highest BCUT2D eigenvalue weighted by molar-refractivity contribution is 7.14. The maximum Gasteiger partial charge on any atom is 0.227 e. The number of aromatic nitrogens is 1. The molecule has 0 radical (unpaired) electrons. The van der Waals surface area contributed by atoms with Gasteiger partial charge in [-0.05, 0) is 30.3 Å². The second kappa shape index (κ2) is 11.0. The van der Waals surface area contributed by atoms with Crippen LogP contribution < -0.4 is 15.0 Å². The minimum Gasteiger partial charge on any atom is -0.494 e. The van der Waals surface area contributed by atoms with Crippen LogP contribution in [0.1, 0.15) is 19.3 Å². The van der Waals surface area contributed by atoms with Crippen LogP contribution in [0.4, 0.5) is 15.2 Å². The molecule has 1 aromatic heterocycles. The standard InChI is InChI=1S/C23H21FN4O3S/c1-31-20-9-8-16(14-18(20)24)19-15-32-23(26-19)27-21(29)10-11-22(30)28(13-5-12-25)17-6-3-2-4-7-17/h2-4,6-9,14-15H,5,10-11,13H2,1H3,(H,26,27,29). The number of thiazole rings is 1. The van der Waals surface area contributed by atoms with Gasteiger partial charge in [-0.3, -0.25) is 9.59 Å². The van der Waals surface area contributed by atoms with Crippen molar-refractivity contribution in [2.45, 2.75) is 19.3 Å². The van der Waals surface area contributed by atoms with Crippen molar-refractivity contribution in [3.63, 3.8) is 0 Å². The Balaban J connectivity index is 1.58. The van der Waals surface area contributed by atoms with E-state index in [0.29, 0.717) is 22.1 Å². The number of anilines is 2. The molecule has 0 unspecified atom stereocenters. The van der Waals surface area contributed by atoms with Crippen molar-refractivity contribution in [2.75, 3.05) is 23.9 Å². The molecule has 3 rings (SSSR count). The number of para-hydroxylation sites is 1. The lowest BCUT2D eigenvalue weighted by Gasteiger charge is -2.21. The van der Waals surface area contributed by atoms with Gasteiger partial charge in [0.2, 0.25) is 11.8 Å². The number of halogens is 1. The summed E-state index contributed by atoms with van der Waals surface area (Å²) in [5.74, 6) is -0.952. The molecule has 7 nitrogen and oxygen atoms in total. The molecule has 2 amide bonds. The monoisotopic (exact) mass is 452 g/mol. The van der Waals surface area contributed by atoms with Gasteiger partial charge < -0.3 is 15.0 Å². The van der Waals surface area contributed by atoms with E-state index in [9.17, 15) is 14.0 Å². The largest absolute Gasteiger partial charge is 0.494 e. The summed E-state index contributed by atoms with van der Waals surface area (Å²) in [4.78, 5) is 30.8. The van der Waals surface area contributed by atoms with Gasteiger partial charge in [0.1, 0.15) is 0 Å². The predicted molar refractivity (Wildman–Crippen MR) is 121 cm³/mol. The Kier molecular flexibility index (Phi) is 7.89. The van der Waals surface area contributed by atoms with Gasteiger partial charge in [-0.2, -0.15) is 5.26 Å². The van der Waals surface area contributed by atoms with Crippen LogP contribution in [0.2, 0.25) is 0 Å². The van der Waals surface area contributed by atoms with E-state index in [-0.39, 0.29) is 43.4 Å². The van der Waals surface area contributed by atoms with Crippen molar-refractivity contribution >= 4 is 34.0 Å². The van der Waals surface area contributed by atoms with Crippen molar-refractivity contribution in [3.05, 3.63) is 59.7 Å². The van der Waals surface area contributed by atoms with Crippen LogP contribution >= 0.6 is 11.3 Å². The van der Waals surface area contributed by atoms with E-state index in [2.05, 4.69) is 10.3 Å². The first-order chi connectivity index (χ1) is 15.5. The lowest BCUT2D eigenvalue weighted by atomic mass is 10.1. The van der Waals surface area contributed by atoms with Gasteiger partial charge in [-0.25, -0.2) is 9.37 Å². The Labute approximate surface area is 189 Å². The summed E-state index contributed by atoms with van der Waals surface area (Å²) in [5.41, 5.74) is 1.77. The number of amides is 2. The number of hydrogen-bond donors (Lipinski definition) is 1. The Morgan fingerprint density at radius 1 is 1.22 bits per heavy atom. The summed E-state index contributed by atoms with van der Waals surface area (Å²) < 4.78 is 18.8. The first kappa shape index (κ1) is 22.9. The molecule has 32 heavy (non-hydrogen) atoms. The molecule has 1 heterocycles. The van der Waals surface area contributed by atoms with Crippen LogP contribution in [0.25, 0.3) is 11.3 Å². The zero-order chi connectivity index (χ0) is 22.9. The summed E-state index contributed by atoms with van der Waals surface area (Å²) in [6, 6.07) is 15.6. The number of nitrogens with one attached hydrogen (secondary N) is 1. The molecule has 0 aliphatic rings. The molecule has 0 saturated carbocycles. The number of ether oxygens (including phenoxy) is 1. The molecule has 1 N–H and O–H groups in total. The number of methoxy groups -OCH3 is 1. The van der Waals surface area contributed by atoms with Gasteiger partial charge in [-0.1, -0.05) is 18.2 Å². The summed E-state index contributed by atoms with van der Waals surface area (Å²) >= 11 is 1.21. The normalized spacial score (nSPS) is 10.3. The molecule has 0 aliphatic carbocycles. The van der Waals surface area contributed by atoms with E-state index in [1.807, 2.05) is 24.3 Å². The minimum atomic E-state index is -0.499. The van der Waals surface area contributed by atoms with Gasteiger partial charge in [0.05, 0.1) is 25.3 Å². The Morgan fingerprint density at radius 2 is 2.00 bits per heavy atom. The summed E-state index contributed by atoms with van der Waals surface area (Å²) in [6.07, 6.45) is 0.162. The van der Waals surface area contributed by atoms with Gasteiger partial charge >= 0.3 is 0 Å². The van der Waals surface area contributed by atoms with Gasteiger partial charge in [0, 0.05) is 36.0 Å². The molecular formula is C23H21FN4O3S. The van der Waals surface area contributed by atoms with E-state index in [1.165, 1.54) is 35.5 Å². The average Bonchev–Trinajstić information content (AvgIpc) is 3.27. The molecule has 0 bridgehead atoms. The van der Waals surface area contributed by atoms with E-state index >= 15 is 0 Å². The zero-order valence-corrected chi connectivity index (χ0v) is 18.2. The zero-order valence-electron chi connectivity index (χ0n) is 17.4. The number of carbonyl (C=O) groups excluding carboxylic acids is 2. The molecule has 0 saturated heterocycles. The highest BCUT2D eigenvalue weighted by atomic mass is 32.1. The highest BCUT2D eigenvalue weighted by Gasteiger charge is 2.17.